The van der Waals surface area contributed by atoms with Gasteiger partial charge in [0.05, 0.1) is 4.90 Å². The van der Waals surface area contributed by atoms with Crippen molar-refractivity contribution in [2.45, 2.75) is 24.8 Å². The molecule has 9 heteroatoms. The highest BCUT2D eigenvalue weighted by molar-refractivity contribution is 9.10. The van der Waals surface area contributed by atoms with Crippen LogP contribution < -0.4 is 10.1 Å². The lowest BCUT2D eigenvalue weighted by atomic mass is 10.3. The molecule has 0 saturated heterocycles. The molecule has 6 nitrogen and oxygen atoms in total. The van der Waals surface area contributed by atoms with Crippen molar-refractivity contribution < 1.29 is 22.3 Å². The average Bonchev–Trinajstić information content (AvgIpc) is 2.60. The van der Waals surface area contributed by atoms with E-state index in [2.05, 4.69) is 21.2 Å². The molecule has 0 atom stereocenters. The number of ether oxygens (including phenoxy) is 1. The Bertz CT molecular complexity index is 917. The second-order valence-corrected chi connectivity index (χ2v) is 8.96. The maximum atomic E-state index is 13.7. The van der Waals surface area contributed by atoms with E-state index in [0.717, 1.165) is 0 Å². The van der Waals surface area contributed by atoms with Crippen molar-refractivity contribution in [1.29, 1.82) is 0 Å². The summed E-state index contributed by atoms with van der Waals surface area (Å²) in [6, 6.07) is 9.88. The molecule has 0 aliphatic heterocycles. The average molecular weight is 459 g/mol. The van der Waals surface area contributed by atoms with E-state index in [9.17, 15) is 17.6 Å². The number of carbonyl (C=O) groups is 1. The molecule has 0 heterocycles. The summed E-state index contributed by atoms with van der Waals surface area (Å²) in [7, 11) is -2.08. The molecule has 146 valence electrons. The summed E-state index contributed by atoms with van der Waals surface area (Å²) in [5, 5.41) is 2.57. The van der Waals surface area contributed by atoms with Crippen molar-refractivity contribution in [3.63, 3.8) is 0 Å². The summed E-state index contributed by atoms with van der Waals surface area (Å²) in [5.74, 6) is -1.11. The predicted molar refractivity (Wildman–Crippen MR) is 105 cm³/mol. The van der Waals surface area contributed by atoms with Gasteiger partial charge in [0.1, 0.15) is 0 Å². The third-order valence-corrected chi connectivity index (χ3v) is 6.34. The first-order valence-electron chi connectivity index (χ1n) is 8.07. The highest BCUT2D eigenvalue weighted by Gasteiger charge is 2.22. The molecule has 2 rings (SSSR count). The van der Waals surface area contributed by atoms with Crippen molar-refractivity contribution in [3.05, 3.63) is 52.8 Å². The quantitative estimate of drug-likeness (QED) is 0.686. The minimum Gasteiger partial charge on any atom is -0.481 e. The number of benzene rings is 2. The monoisotopic (exact) mass is 458 g/mol. The van der Waals surface area contributed by atoms with Gasteiger partial charge in [-0.05, 0) is 56.3 Å². The Morgan fingerprint density at radius 3 is 2.41 bits per heavy atom. The van der Waals surface area contributed by atoms with Crippen LogP contribution in [0, 0.1) is 5.82 Å². The first-order valence-corrected chi connectivity index (χ1v) is 10.3. The van der Waals surface area contributed by atoms with E-state index in [-0.39, 0.29) is 23.3 Å². The molecule has 0 saturated carbocycles. The van der Waals surface area contributed by atoms with Crippen molar-refractivity contribution in [3.8, 4) is 5.75 Å². The summed E-state index contributed by atoms with van der Waals surface area (Å²) < 4.78 is 45.4. The second-order valence-electron chi connectivity index (χ2n) is 6.05. The molecule has 0 radical (unpaired) electrons. The van der Waals surface area contributed by atoms with Gasteiger partial charge in [-0.3, -0.25) is 4.79 Å². The van der Waals surface area contributed by atoms with Crippen molar-refractivity contribution in [2.75, 3.05) is 19.0 Å². The summed E-state index contributed by atoms with van der Waals surface area (Å²) in [6.07, 6.45) is 0. The molecule has 1 amide bonds. The summed E-state index contributed by atoms with van der Waals surface area (Å²) in [6.45, 7) is 3.18. The Morgan fingerprint density at radius 1 is 1.22 bits per heavy atom. The number of hydrogen-bond donors (Lipinski definition) is 1. The number of halogens is 2. The lowest BCUT2D eigenvalue weighted by molar-refractivity contribution is -0.118. The highest BCUT2D eigenvalue weighted by atomic mass is 79.9. The molecular formula is C18H20BrFN2O4S. The number of carbonyl (C=O) groups excluding carboxylic acids is 1. The van der Waals surface area contributed by atoms with Crippen LogP contribution in [0.25, 0.3) is 0 Å². The Labute approximate surface area is 166 Å². The summed E-state index contributed by atoms with van der Waals surface area (Å²) >= 11 is 3.14. The normalized spacial score (nSPS) is 11.7. The molecular weight excluding hydrogens is 439 g/mol. The molecule has 0 aliphatic rings. The van der Waals surface area contributed by atoms with Crippen LogP contribution in [0.3, 0.4) is 0 Å². The predicted octanol–water partition coefficient (Wildman–Crippen LogP) is 3.63. The van der Waals surface area contributed by atoms with Gasteiger partial charge < -0.3 is 10.1 Å². The molecule has 0 unspecified atom stereocenters. The molecule has 27 heavy (non-hydrogen) atoms. The maximum absolute atomic E-state index is 13.7. The number of sulfonamides is 1. The third kappa shape index (κ3) is 5.50. The van der Waals surface area contributed by atoms with Gasteiger partial charge in [-0.1, -0.05) is 15.9 Å². The molecule has 0 aliphatic carbocycles. The van der Waals surface area contributed by atoms with Gasteiger partial charge in [0.15, 0.2) is 18.2 Å². The SMILES string of the molecule is CC(C)N(C)S(=O)(=O)c1ccc(NC(=O)COc2ccc(Br)cc2F)cc1. The number of rotatable bonds is 7. The third-order valence-electron chi connectivity index (χ3n) is 3.79. The standard InChI is InChI=1S/C18H20BrFN2O4S/c1-12(2)22(3)27(24,25)15-7-5-14(6-8-15)21-18(23)11-26-17-9-4-13(19)10-16(17)20/h4-10,12H,11H2,1-3H3,(H,21,23). The fourth-order valence-electron chi connectivity index (χ4n) is 2.09. The topological polar surface area (TPSA) is 75.7 Å². The molecule has 0 fully saturated rings. The molecule has 2 aromatic carbocycles. The van der Waals surface area contributed by atoms with Crippen LogP contribution in [-0.4, -0.2) is 38.3 Å². The van der Waals surface area contributed by atoms with Crippen LogP contribution >= 0.6 is 15.9 Å². The van der Waals surface area contributed by atoms with E-state index < -0.39 is 21.7 Å². The van der Waals surface area contributed by atoms with E-state index >= 15 is 0 Å². The summed E-state index contributed by atoms with van der Waals surface area (Å²) in [5.41, 5.74) is 0.408. The second kappa shape index (κ2) is 8.81. The van der Waals surface area contributed by atoms with E-state index in [1.165, 1.54) is 47.8 Å². The van der Waals surface area contributed by atoms with E-state index in [1.54, 1.807) is 19.9 Å². The van der Waals surface area contributed by atoms with Crippen molar-refractivity contribution >= 4 is 37.5 Å². The zero-order valence-electron chi connectivity index (χ0n) is 15.1. The van der Waals surface area contributed by atoms with Crippen molar-refractivity contribution in [2.24, 2.45) is 0 Å². The highest BCUT2D eigenvalue weighted by Crippen LogP contribution is 2.22. The number of hydrogen-bond acceptors (Lipinski definition) is 4. The van der Waals surface area contributed by atoms with Gasteiger partial charge in [0.2, 0.25) is 10.0 Å². The van der Waals surface area contributed by atoms with E-state index in [4.69, 9.17) is 4.74 Å². The van der Waals surface area contributed by atoms with Crippen LogP contribution in [0.4, 0.5) is 10.1 Å². The molecule has 0 bridgehead atoms. The maximum Gasteiger partial charge on any atom is 0.262 e. The minimum absolute atomic E-state index is 0.0356. The largest absolute Gasteiger partial charge is 0.481 e. The first kappa shape index (κ1) is 21.3. The van der Waals surface area contributed by atoms with Gasteiger partial charge in [-0.2, -0.15) is 4.31 Å². The van der Waals surface area contributed by atoms with Gasteiger partial charge in [-0.15, -0.1) is 0 Å². The molecule has 1 N–H and O–H groups in total. The van der Waals surface area contributed by atoms with Crippen LogP contribution in [0.15, 0.2) is 51.8 Å². The lowest BCUT2D eigenvalue weighted by Crippen LogP contribution is -2.33. The number of anilines is 1. The van der Waals surface area contributed by atoms with E-state index in [1.807, 2.05) is 0 Å². The Balaban J connectivity index is 1.98. The molecule has 0 aromatic heterocycles. The minimum atomic E-state index is -3.59. The molecule has 2 aromatic rings. The van der Waals surface area contributed by atoms with Gasteiger partial charge in [0, 0.05) is 23.2 Å². The van der Waals surface area contributed by atoms with Crippen LogP contribution in [0.5, 0.6) is 5.75 Å². The van der Waals surface area contributed by atoms with Crippen LogP contribution in [0.2, 0.25) is 0 Å². The zero-order valence-corrected chi connectivity index (χ0v) is 17.5. The first-order chi connectivity index (χ1) is 12.6. The summed E-state index contributed by atoms with van der Waals surface area (Å²) in [4.78, 5) is 12.1. The fourth-order valence-corrected chi connectivity index (χ4v) is 3.79. The van der Waals surface area contributed by atoms with E-state index in [0.29, 0.717) is 10.2 Å². The van der Waals surface area contributed by atoms with Crippen LogP contribution in [0.1, 0.15) is 13.8 Å². The number of amides is 1. The van der Waals surface area contributed by atoms with Gasteiger partial charge in [-0.25, -0.2) is 12.8 Å². The Kier molecular flexibility index (Phi) is 6.96. The van der Waals surface area contributed by atoms with Gasteiger partial charge in [0.25, 0.3) is 5.91 Å². The Hall–Kier alpha value is -1.97. The van der Waals surface area contributed by atoms with Crippen molar-refractivity contribution in [1.82, 2.24) is 4.31 Å². The molecule has 0 spiro atoms. The Morgan fingerprint density at radius 2 is 1.85 bits per heavy atom. The number of nitrogens with one attached hydrogen (secondary N) is 1. The van der Waals surface area contributed by atoms with Crippen LogP contribution in [-0.2, 0) is 14.8 Å². The lowest BCUT2D eigenvalue weighted by Gasteiger charge is -2.21. The fraction of sp³-hybridized carbons (Fsp3) is 0.278. The number of nitrogens with zero attached hydrogens (tertiary/aromatic N) is 1. The van der Waals surface area contributed by atoms with Gasteiger partial charge >= 0.3 is 0 Å². The zero-order chi connectivity index (χ0) is 20.2. The smallest absolute Gasteiger partial charge is 0.262 e.